The SMILES string of the molecule is C=C(C)CCC(O)c1cnn(C)c1N. The van der Waals surface area contributed by atoms with E-state index in [0.717, 1.165) is 12.0 Å². The number of nitrogens with zero attached hydrogens (tertiary/aromatic N) is 2. The summed E-state index contributed by atoms with van der Waals surface area (Å²) in [5, 5.41) is 13.8. The Kier molecular flexibility index (Phi) is 3.30. The predicted molar refractivity (Wildman–Crippen MR) is 56.6 cm³/mol. The minimum Gasteiger partial charge on any atom is -0.388 e. The standard InChI is InChI=1S/C10H17N3O/c1-7(2)4-5-9(14)8-6-12-13(3)10(8)11/h6,9,14H,1,4-5,11H2,2-3H3. The summed E-state index contributed by atoms with van der Waals surface area (Å²) >= 11 is 0. The molecule has 0 aromatic carbocycles. The quantitative estimate of drug-likeness (QED) is 0.714. The fraction of sp³-hybridized carbons (Fsp3) is 0.500. The van der Waals surface area contributed by atoms with E-state index in [9.17, 15) is 5.11 Å². The number of anilines is 1. The van der Waals surface area contributed by atoms with Crippen LogP contribution in [0.3, 0.4) is 0 Å². The number of aryl methyl sites for hydroxylation is 1. The molecule has 0 fully saturated rings. The zero-order chi connectivity index (χ0) is 10.7. The molecule has 0 aliphatic heterocycles. The Bertz CT molecular complexity index is 330. The average Bonchev–Trinajstić information content (AvgIpc) is 2.44. The van der Waals surface area contributed by atoms with E-state index in [2.05, 4.69) is 11.7 Å². The van der Waals surface area contributed by atoms with Gasteiger partial charge in [0.2, 0.25) is 0 Å². The fourth-order valence-corrected chi connectivity index (χ4v) is 1.26. The van der Waals surface area contributed by atoms with Crippen LogP contribution in [0.25, 0.3) is 0 Å². The van der Waals surface area contributed by atoms with E-state index in [1.807, 2.05) is 6.92 Å². The highest BCUT2D eigenvalue weighted by atomic mass is 16.3. The molecule has 4 heteroatoms. The Morgan fingerprint density at radius 3 is 2.86 bits per heavy atom. The van der Waals surface area contributed by atoms with Crippen LogP contribution >= 0.6 is 0 Å². The van der Waals surface area contributed by atoms with E-state index in [4.69, 9.17) is 5.73 Å². The molecule has 1 unspecified atom stereocenters. The number of aromatic nitrogens is 2. The molecule has 0 spiro atoms. The van der Waals surface area contributed by atoms with Gasteiger partial charge in [-0.15, -0.1) is 6.58 Å². The zero-order valence-electron chi connectivity index (χ0n) is 8.70. The van der Waals surface area contributed by atoms with Crippen molar-refractivity contribution in [2.24, 2.45) is 7.05 Å². The summed E-state index contributed by atoms with van der Waals surface area (Å²) in [6.45, 7) is 5.73. The molecule has 0 aliphatic rings. The highest BCUT2D eigenvalue weighted by molar-refractivity contribution is 5.39. The van der Waals surface area contributed by atoms with Crippen molar-refractivity contribution in [1.29, 1.82) is 0 Å². The topological polar surface area (TPSA) is 64.1 Å². The van der Waals surface area contributed by atoms with Crippen molar-refractivity contribution in [3.05, 3.63) is 23.9 Å². The monoisotopic (exact) mass is 195 g/mol. The summed E-state index contributed by atoms with van der Waals surface area (Å²) in [4.78, 5) is 0. The largest absolute Gasteiger partial charge is 0.388 e. The van der Waals surface area contributed by atoms with Crippen LogP contribution < -0.4 is 5.73 Å². The van der Waals surface area contributed by atoms with Gasteiger partial charge in [-0.05, 0) is 19.8 Å². The van der Waals surface area contributed by atoms with Gasteiger partial charge >= 0.3 is 0 Å². The molecule has 1 rings (SSSR count). The molecule has 1 atom stereocenters. The second-order valence-electron chi connectivity index (χ2n) is 3.62. The minimum atomic E-state index is -0.541. The summed E-state index contributed by atoms with van der Waals surface area (Å²) in [5.74, 6) is 0.527. The molecule has 0 radical (unpaired) electrons. The van der Waals surface area contributed by atoms with Crippen molar-refractivity contribution in [3.8, 4) is 0 Å². The lowest BCUT2D eigenvalue weighted by Gasteiger charge is -2.09. The van der Waals surface area contributed by atoms with Gasteiger partial charge in [-0.3, -0.25) is 4.68 Å². The maximum Gasteiger partial charge on any atom is 0.127 e. The molecule has 14 heavy (non-hydrogen) atoms. The summed E-state index contributed by atoms with van der Waals surface area (Å²) in [6, 6.07) is 0. The molecule has 1 aromatic rings. The highest BCUT2D eigenvalue weighted by Gasteiger charge is 2.13. The first-order valence-corrected chi connectivity index (χ1v) is 4.62. The first-order valence-electron chi connectivity index (χ1n) is 4.62. The number of aliphatic hydroxyl groups excluding tert-OH is 1. The van der Waals surface area contributed by atoms with Crippen LogP contribution in [0.4, 0.5) is 5.82 Å². The highest BCUT2D eigenvalue weighted by Crippen LogP contribution is 2.24. The fourth-order valence-electron chi connectivity index (χ4n) is 1.26. The number of allylic oxidation sites excluding steroid dienone is 1. The summed E-state index contributed by atoms with van der Waals surface area (Å²) < 4.78 is 1.55. The molecule has 1 heterocycles. The predicted octanol–water partition coefficient (Wildman–Crippen LogP) is 1.39. The third-order valence-electron chi connectivity index (χ3n) is 2.22. The Labute approximate surface area is 84.0 Å². The van der Waals surface area contributed by atoms with E-state index < -0.39 is 6.10 Å². The van der Waals surface area contributed by atoms with Gasteiger partial charge in [0.15, 0.2) is 0 Å². The van der Waals surface area contributed by atoms with E-state index in [1.165, 1.54) is 0 Å². The van der Waals surface area contributed by atoms with Crippen molar-refractivity contribution < 1.29 is 5.11 Å². The van der Waals surface area contributed by atoms with Crippen molar-refractivity contribution in [3.63, 3.8) is 0 Å². The normalized spacial score (nSPS) is 12.8. The lowest BCUT2D eigenvalue weighted by molar-refractivity contribution is 0.168. The Balaban J connectivity index is 2.65. The molecule has 0 amide bonds. The van der Waals surface area contributed by atoms with Crippen LogP contribution in [0.2, 0.25) is 0 Å². The maximum atomic E-state index is 9.79. The lowest BCUT2D eigenvalue weighted by Crippen LogP contribution is -2.03. The molecule has 0 bridgehead atoms. The molecule has 78 valence electrons. The lowest BCUT2D eigenvalue weighted by atomic mass is 10.1. The van der Waals surface area contributed by atoms with Gasteiger partial charge in [0.25, 0.3) is 0 Å². The van der Waals surface area contributed by atoms with Crippen LogP contribution in [0.5, 0.6) is 0 Å². The number of rotatable bonds is 4. The van der Waals surface area contributed by atoms with Gasteiger partial charge in [0.1, 0.15) is 5.82 Å². The summed E-state index contributed by atoms with van der Waals surface area (Å²) in [6.07, 6.45) is 2.51. The van der Waals surface area contributed by atoms with Crippen LogP contribution in [0.15, 0.2) is 18.3 Å². The van der Waals surface area contributed by atoms with Crippen LogP contribution in [0, 0.1) is 0 Å². The Morgan fingerprint density at radius 1 is 1.79 bits per heavy atom. The molecule has 3 N–H and O–H groups in total. The second-order valence-corrected chi connectivity index (χ2v) is 3.62. The molecule has 0 saturated heterocycles. The molecule has 1 aromatic heterocycles. The summed E-state index contributed by atoms with van der Waals surface area (Å²) in [7, 11) is 1.75. The zero-order valence-corrected chi connectivity index (χ0v) is 8.70. The molecule has 4 nitrogen and oxygen atoms in total. The first kappa shape index (κ1) is 10.8. The van der Waals surface area contributed by atoms with Crippen molar-refractivity contribution in [2.45, 2.75) is 25.9 Å². The van der Waals surface area contributed by atoms with Gasteiger partial charge in [-0.1, -0.05) is 5.57 Å². The van der Waals surface area contributed by atoms with Gasteiger partial charge in [-0.2, -0.15) is 5.10 Å². The minimum absolute atomic E-state index is 0.527. The van der Waals surface area contributed by atoms with Gasteiger partial charge in [-0.25, -0.2) is 0 Å². The molecule has 0 aliphatic carbocycles. The van der Waals surface area contributed by atoms with E-state index in [-0.39, 0.29) is 0 Å². The number of aliphatic hydroxyl groups is 1. The number of hydrogen-bond acceptors (Lipinski definition) is 3. The second kappa shape index (κ2) is 4.28. The van der Waals surface area contributed by atoms with E-state index in [1.54, 1.807) is 17.9 Å². The number of nitrogen functional groups attached to an aromatic ring is 1. The van der Waals surface area contributed by atoms with Gasteiger partial charge in [0, 0.05) is 12.6 Å². The Hall–Kier alpha value is -1.29. The Morgan fingerprint density at radius 2 is 2.43 bits per heavy atom. The average molecular weight is 195 g/mol. The molecular weight excluding hydrogens is 178 g/mol. The maximum absolute atomic E-state index is 9.79. The van der Waals surface area contributed by atoms with Crippen molar-refractivity contribution >= 4 is 5.82 Å². The first-order chi connectivity index (χ1) is 6.52. The van der Waals surface area contributed by atoms with E-state index in [0.29, 0.717) is 17.8 Å². The molecular formula is C10H17N3O. The third kappa shape index (κ3) is 2.35. The van der Waals surface area contributed by atoms with Crippen LogP contribution in [0.1, 0.15) is 31.4 Å². The van der Waals surface area contributed by atoms with E-state index >= 15 is 0 Å². The smallest absolute Gasteiger partial charge is 0.127 e. The van der Waals surface area contributed by atoms with Crippen LogP contribution in [-0.2, 0) is 7.05 Å². The van der Waals surface area contributed by atoms with Crippen LogP contribution in [-0.4, -0.2) is 14.9 Å². The number of hydrogen-bond donors (Lipinski definition) is 2. The van der Waals surface area contributed by atoms with Crippen molar-refractivity contribution in [2.75, 3.05) is 5.73 Å². The van der Waals surface area contributed by atoms with Crippen molar-refractivity contribution in [1.82, 2.24) is 9.78 Å². The summed E-state index contributed by atoms with van der Waals surface area (Å²) in [5.41, 5.74) is 7.49. The molecule has 0 saturated carbocycles. The third-order valence-corrected chi connectivity index (χ3v) is 2.22. The van der Waals surface area contributed by atoms with Gasteiger partial charge < -0.3 is 10.8 Å². The van der Waals surface area contributed by atoms with Gasteiger partial charge in [0.05, 0.1) is 12.3 Å². The number of nitrogens with two attached hydrogens (primary N) is 1.